The summed E-state index contributed by atoms with van der Waals surface area (Å²) < 4.78 is 0. The predicted octanol–water partition coefficient (Wildman–Crippen LogP) is 1.89. The molecule has 0 fully saturated rings. The van der Waals surface area contributed by atoms with Crippen LogP contribution in [-0.4, -0.2) is 11.7 Å². The van der Waals surface area contributed by atoms with Crippen LogP contribution in [0, 0.1) is 5.41 Å². The highest BCUT2D eigenvalue weighted by atomic mass is 16.3. The first-order valence-corrected chi connectivity index (χ1v) is 3.62. The normalized spacial score (nSPS) is 32.1. The summed E-state index contributed by atoms with van der Waals surface area (Å²) in [5.41, 5.74) is 1.35. The lowest BCUT2D eigenvalue weighted by Gasteiger charge is -2.25. The van der Waals surface area contributed by atoms with E-state index >= 15 is 0 Å². The third-order valence-electron chi connectivity index (χ3n) is 1.92. The highest BCUT2D eigenvalue weighted by Crippen LogP contribution is 2.29. The van der Waals surface area contributed by atoms with Gasteiger partial charge in [-0.25, -0.2) is 0 Å². The van der Waals surface area contributed by atoms with Gasteiger partial charge in [-0.3, -0.25) is 0 Å². The Morgan fingerprint density at radius 1 is 1.70 bits per heavy atom. The maximum Gasteiger partial charge on any atom is 0.0522 e. The Balaban J connectivity index is 2.71. The Hall–Kier alpha value is -0.560. The summed E-state index contributed by atoms with van der Waals surface area (Å²) >= 11 is 0. The van der Waals surface area contributed by atoms with Crippen LogP contribution in [-0.2, 0) is 0 Å². The molecular formula is C9H14O. The first kappa shape index (κ1) is 7.55. The van der Waals surface area contributed by atoms with E-state index in [-0.39, 0.29) is 12.0 Å². The van der Waals surface area contributed by atoms with Crippen LogP contribution in [0.3, 0.4) is 0 Å². The van der Waals surface area contributed by atoms with Crippen LogP contribution in [0.1, 0.15) is 20.3 Å². The Kier molecular flexibility index (Phi) is 1.95. The summed E-state index contributed by atoms with van der Waals surface area (Å²) in [5.74, 6) is 0. The van der Waals surface area contributed by atoms with Gasteiger partial charge in [0.25, 0.3) is 0 Å². The maximum absolute atomic E-state index is 8.99. The van der Waals surface area contributed by atoms with E-state index in [1.165, 1.54) is 5.57 Å². The molecule has 10 heavy (non-hydrogen) atoms. The van der Waals surface area contributed by atoms with E-state index in [1.807, 2.05) is 6.08 Å². The molecule has 1 N–H and O–H groups in total. The van der Waals surface area contributed by atoms with E-state index < -0.39 is 0 Å². The average molecular weight is 138 g/mol. The lowest BCUT2D eigenvalue weighted by atomic mass is 9.81. The summed E-state index contributed by atoms with van der Waals surface area (Å²) in [6.07, 6.45) is 7.17. The molecule has 1 atom stereocenters. The molecule has 0 aromatic heterocycles. The standard InChI is InChI=1S/C9H14O/c1-8-4-3-5-9(2,6-8)7-10/h3-5,10H,6-7H2,1-2H3. The van der Waals surface area contributed by atoms with Gasteiger partial charge in [-0.05, 0) is 13.3 Å². The summed E-state index contributed by atoms with van der Waals surface area (Å²) in [6.45, 7) is 4.41. The molecule has 1 aliphatic rings. The molecule has 1 aliphatic carbocycles. The van der Waals surface area contributed by atoms with Crippen molar-refractivity contribution in [3.63, 3.8) is 0 Å². The monoisotopic (exact) mass is 138 g/mol. The van der Waals surface area contributed by atoms with Crippen molar-refractivity contribution in [2.45, 2.75) is 20.3 Å². The molecule has 0 bridgehead atoms. The summed E-state index contributed by atoms with van der Waals surface area (Å²) in [4.78, 5) is 0. The van der Waals surface area contributed by atoms with Gasteiger partial charge < -0.3 is 5.11 Å². The minimum Gasteiger partial charge on any atom is -0.395 e. The Morgan fingerprint density at radius 3 is 2.80 bits per heavy atom. The topological polar surface area (TPSA) is 20.2 Å². The molecule has 0 radical (unpaired) electrons. The van der Waals surface area contributed by atoms with Crippen LogP contribution in [0.4, 0.5) is 0 Å². The summed E-state index contributed by atoms with van der Waals surface area (Å²) in [6, 6.07) is 0. The number of aliphatic hydroxyl groups is 1. The molecule has 0 aromatic carbocycles. The number of rotatable bonds is 1. The molecule has 1 nitrogen and oxygen atoms in total. The average Bonchev–Trinajstić information content (AvgIpc) is 1.88. The predicted molar refractivity (Wildman–Crippen MR) is 42.7 cm³/mol. The van der Waals surface area contributed by atoms with Crippen molar-refractivity contribution < 1.29 is 5.11 Å². The molecule has 0 aromatic rings. The number of aliphatic hydroxyl groups excluding tert-OH is 1. The molecule has 1 heteroatoms. The fourth-order valence-electron chi connectivity index (χ4n) is 1.31. The fourth-order valence-corrected chi connectivity index (χ4v) is 1.31. The highest BCUT2D eigenvalue weighted by molar-refractivity contribution is 5.21. The van der Waals surface area contributed by atoms with E-state index in [2.05, 4.69) is 26.0 Å². The van der Waals surface area contributed by atoms with Gasteiger partial charge in [0.05, 0.1) is 6.61 Å². The molecule has 0 aliphatic heterocycles. The third-order valence-corrected chi connectivity index (χ3v) is 1.92. The van der Waals surface area contributed by atoms with Gasteiger partial charge >= 0.3 is 0 Å². The zero-order valence-electron chi connectivity index (χ0n) is 6.59. The molecule has 0 saturated heterocycles. The van der Waals surface area contributed by atoms with Gasteiger partial charge in [-0.15, -0.1) is 0 Å². The summed E-state index contributed by atoms with van der Waals surface area (Å²) in [5, 5.41) is 8.99. The molecule has 1 unspecified atom stereocenters. The van der Waals surface area contributed by atoms with Crippen molar-refractivity contribution >= 4 is 0 Å². The van der Waals surface area contributed by atoms with E-state index in [0.717, 1.165) is 6.42 Å². The van der Waals surface area contributed by atoms with Crippen LogP contribution in [0.15, 0.2) is 23.8 Å². The number of hydrogen-bond acceptors (Lipinski definition) is 1. The first-order chi connectivity index (χ1) is 4.66. The van der Waals surface area contributed by atoms with Crippen molar-refractivity contribution in [1.82, 2.24) is 0 Å². The minimum atomic E-state index is -0.00116. The van der Waals surface area contributed by atoms with E-state index in [9.17, 15) is 0 Å². The van der Waals surface area contributed by atoms with Crippen LogP contribution in [0.5, 0.6) is 0 Å². The van der Waals surface area contributed by atoms with Gasteiger partial charge in [0.2, 0.25) is 0 Å². The van der Waals surface area contributed by atoms with Crippen LogP contribution < -0.4 is 0 Å². The van der Waals surface area contributed by atoms with Crippen LogP contribution in [0.2, 0.25) is 0 Å². The lowest BCUT2D eigenvalue weighted by molar-refractivity contribution is 0.183. The molecule has 0 spiro atoms. The van der Waals surface area contributed by atoms with Crippen molar-refractivity contribution in [3.8, 4) is 0 Å². The highest BCUT2D eigenvalue weighted by Gasteiger charge is 2.21. The van der Waals surface area contributed by atoms with Crippen molar-refractivity contribution in [2.75, 3.05) is 6.61 Å². The second-order valence-corrected chi connectivity index (χ2v) is 3.36. The van der Waals surface area contributed by atoms with Gasteiger partial charge in [-0.2, -0.15) is 0 Å². The van der Waals surface area contributed by atoms with Gasteiger partial charge in [-0.1, -0.05) is 30.7 Å². The van der Waals surface area contributed by atoms with Crippen LogP contribution in [0.25, 0.3) is 0 Å². The van der Waals surface area contributed by atoms with Crippen molar-refractivity contribution in [3.05, 3.63) is 23.8 Å². The molecule has 0 amide bonds. The maximum atomic E-state index is 8.99. The lowest BCUT2D eigenvalue weighted by Crippen LogP contribution is -2.20. The molecular weight excluding hydrogens is 124 g/mol. The number of hydrogen-bond donors (Lipinski definition) is 1. The Morgan fingerprint density at radius 2 is 2.40 bits per heavy atom. The van der Waals surface area contributed by atoms with Gasteiger partial charge in [0, 0.05) is 5.41 Å². The van der Waals surface area contributed by atoms with E-state index in [1.54, 1.807) is 0 Å². The zero-order valence-corrected chi connectivity index (χ0v) is 6.59. The Bertz CT molecular complexity index is 179. The fraction of sp³-hybridized carbons (Fsp3) is 0.556. The van der Waals surface area contributed by atoms with E-state index in [0.29, 0.717) is 0 Å². The second kappa shape index (κ2) is 2.59. The Labute approximate surface area is 62.1 Å². The van der Waals surface area contributed by atoms with Crippen LogP contribution >= 0.6 is 0 Å². The quantitative estimate of drug-likeness (QED) is 0.586. The first-order valence-electron chi connectivity index (χ1n) is 3.62. The number of allylic oxidation sites excluding steroid dienone is 3. The molecule has 0 heterocycles. The van der Waals surface area contributed by atoms with E-state index in [4.69, 9.17) is 5.11 Å². The van der Waals surface area contributed by atoms with Gasteiger partial charge in [0.1, 0.15) is 0 Å². The molecule has 0 saturated carbocycles. The third kappa shape index (κ3) is 1.48. The second-order valence-electron chi connectivity index (χ2n) is 3.36. The van der Waals surface area contributed by atoms with Gasteiger partial charge in [0.15, 0.2) is 0 Å². The zero-order chi connectivity index (χ0) is 7.61. The SMILES string of the molecule is CC1=CC=CC(C)(CO)C1. The van der Waals surface area contributed by atoms with Crippen molar-refractivity contribution in [2.24, 2.45) is 5.41 Å². The largest absolute Gasteiger partial charge is 0.395 e. The van der Waals surface area contributed by atoms with Crippen molar-refractivity contribution in [1.29, 1.82) is 0 Å². The molecule has 1 rings (SSSR count). The smallest absolute Gasteiger partial charge is 0.0522 e. The molecule has 56 valence electrons. The minimum absolute atomic E-state index is 0.00116. The summed E-state index contributed by atoms with van der Waals surface area (Å²) in [7, 11) is 0.